The number of benzene rings is 1. The van der Waals surface area contributed by atoms with Gasteiger partial charge in [-0.3, -0.25) is 0 Å². The van der Waals surface area contributed by atoms with Gasteiger partial charge >= 0.3 is 6.01 Å². The Hall–Kier alpha value is -1.54. The van der Waals surface area contributed by atoms with Crippen molar-refractivity contribution in [1.29, 1.82) is 0 Å². The first-order valence-electron chi connectivity index (χ1n) is 5.93. The van der Waals surface area contributed by atoms with Crippen LogP contribution in [0.2, 0.25) is 0 Å². The molecule has 0 amide bonds. The van der Waals surface area contributed by atoms with E-state index >= 15 is 0 Å². The Labute approximate surface area is 122 Å². The van der Waals surface area contributed by atoms with Gasteiger partial charge in [0.05, 0.1) is 16.7 Å². The molecule has 0 unspecified atom stereocenters. The fourth-order valence-corrected chi connectivity index (χ4v) is 1.72. The van der Waals surface area contributed by atoms with Crippen molar-refractivity contribution in [3.63, 3.8) is 0 Å². The fraction of sp³-hybridized carbons (Fsp3) is 0.333. The second-order valence-electron chi connectivity index (χ2n) is 4.41. The van der Waals surface area contributed by atoms with Crippen LogP contribution in [0.25, 0.3) is 0 Å². The van der Waals surface area contributed by atoms with E-state index in [0.29, 0.717) is 12.4 Å². The number of hydrogen-bond donors (Lipinski definition) is 2. The summed E-state index contributed by atoms with van der Waals surface area (Å²) >= 11 is 2.90. The molecule has 0 saturated carbocycles. The summed E-state index contributed by atoms with van der Waals surface area (Å²) in [7, 11) is 0. The third-order valence-corrected chi connectivity index (χ3v) is 2.99. The molecule has 1 aromatic carbocycles. The lowest BCUT2D eigenvalue weighted by Gasteiger charge is -2.05. The molecule has 0 radical (unpaired) electrons. The van der Waals surface area contributed by atoms with Gasteiger partial charge < -0.3 is 15.1 Å². The molecule has 1 aromatic heterocycles. The standard InChI is InChI=1S/C12H13BrF2N4O/c1-6(2)16-5-11-18-19-12(20-11)17-10-4-8(14)7(13)3-9(10)15/h3-4,6,16H,5H2,1-2H3,(H,17,19). The number of aromatic nitrogens is 2. The summed E-state index contributed by atoms with van der Waals surface area (Å²) in [6.07, 6.45) is 0. The Bertz CT molecular complexity index is 603. The van der Waals surface area contributed by atoms with E-state index in [-0.39, 0.29) is 22.2 Å². The predicted molar refractivity (Wildman–Crippen MR) is 73.6 cm³/mol. The topological polar surface area (TPSA) is 63.0 Å². The van der Waals surface area contributed by atoms with E-state index in [1.807, 2.05) is 13.8 Å². The first kappa shape index (κ1) is 14.9. The molecule has 0 aliphatic rings. The van der Waals surface area contributed by atoms with Crippen molar-refractivity contribution < 1.29 is 13.2 Å². The van der Waals surface area contributed by atoms with Crippen molar-refractivity contribution in [3.8, 4) is 0 Å². The minimum absolute atomic E-state index is 0.00572. The normalized spacial score (nSPS) is 11.1. The van der Waals surface area contributed by atoms with Gasteiger partial charge in [-0.2, -0.15) is 0 Å². The molecule has 108 valence electrons. The maximum Gasteiger partial charge on any atom is 0.320 e. The van der Waals surface area contributed by atoms with E-state index in [0.717, 1.165) is 12.1 Å². The molecule has 0 saturated heterocycles. The first-order valence-corrected chi connectivity index (χ1v) is 6.72. The molecule has 0 aliphatic heterocycles. The number of halogens is 3. The molecule has 0 spiro atoms. The van der Waals surface area contributed by atoms with Gasteiger partial charge in [-0.1, -0.05) is 18.9 Å². The summed E-state index contributed by atoms with van der Waals surface area (Å²) in [5, 5.41) is 13.1. The third-order valence-electron chi connectivity index (χ3n) is 2.38. The summed E-state index contributed by atoms with van der Waals surface area (Å²) < 4.78 is 32.3. The lowest BCUT2D eigenvalue weighted by atomic mass is 10.3. The highest BCUT2D eigenvalue weighted by atomic mass is 79.9. The van der Waals surface area contributed by atoms with E-state index < -0.39 is 11.6 Å². The van der Waals surface area contributed by atoms with Crippen molar-refractivity contribution in [2.45, 2.75) is 26.4 Å². The average Bonchev–Trinajstić information content (AvgIpc) is 2.81. The van der Waals surface area contributed by atoms with Crippen LogP contribution < -0.4 is 10.6 Å². The highest BCUT2D eigenvalue weighted by Gasteiger charge is 2.12. The van der Waals surface area contributed by atoms with Crippen LogP contribution in [0.4, 0.5) is 20.5 Å². The highest BCUT2D eigenvalue weighted by molar-refractivity contribution is 9.10. The molecule has 0 bridgehead atoms. The number of hydrogen-bond acceptors (Lipinski definition) is 5. The largest absolute Gasteiger partial charge is 0.406 e. The molecule has 2 N–H and O–H groups in total. The van der Waals surface area contributed by atoms with Crippen LogP contribution >= 0.6 is 15.9 Å². The maximum atomic E-state index is 13.6. The zero-order valence-electron chi connectivity index (χ0n) is 10.9. The second kappa shape index (κ2) is 6.27. The Morgan fingerprint density at radius 1 is 1.25 bits per heavy atom. The molecule has 2 aromatic rings. The molecule has 1 heterocycles. The number of anilines is 2. The SMILES string of the molecule is CC(C)NCc1nnc(Nc2cc(F)c(Br)cc2F)o1. The van der Waals surface area contributed by atoms with Gasteiger partial charge in [0, 0.05) is 12.1 Å². The first-order chi connectivity index (χ1) is 9.45. The number of nitrogens with one attached hydrogen (secondary N) is 2. The zero-order chi connectivity index (χ0) is 14.7. The number of nitrogens with zero attached hydrogens (tertiary/aromatic N) is 2. The molecular formula is C12H13BrF2N4O. The molecule has 5 nitrogen and oxygen atoms in total. The minimum Gasteiger partial charge on any atom is -0.406 e. The minimum atomic E-state index is -0.627. The predicted octanol–water partition coefficient (Wildman–Crippen LogP) is 3.35. The molecule has 0 atom stereocenters. The lowest BCUT2D eigenvalue weighted by Crippen LogP contribution is -2.21. The molecule has 2 rings (SSSR count). The average molecular weight is 347 g/mol. The van der Waals surface area contributed by atoms with Crippen molar-refractivity contribution >= 4 is 27.6 Å². The smallest absolute Gasteiger partial charge is 0.320 e. The third kappa shape index (κ3) is 3.73. The fourth-order valence-electron chi connectivity index (χ4n) is 1.40. The second-order valence-corrected chi connectivity index (χ2v) is 5.26. The zero-order valence-corrected chi connectivity index (χ0v) is 12.5. The number of rotatable bonds is 5. The Morgan fingerprint density at radius 2 is 2.00 bits per heavy atom. The summed E-state index contributed by atoms with van der Waals surface area (Å²) in [6, 6.07) is 2.31. The molecule has 20 heavy (non-hydrogen) atoms. The van der Waals surface area contributed by atoms with Crippen LogP contribution in [0, 0.1) is 11.6 Å². The lowest BCUT2D eigenvalue weighted by molar-refractivity contribution is 0.460. The molecule has 0 fully saturated rings. The summed E-state index contributed by atoms with van der Waals surface area (Å²) in [4.78, 5) is 0. The van der Waals surface area contributed by atoms with Crippen molar-refractivity contribution in [2.75, 3.05) is 5.32 Å². The van der Waals surface area contributed by atoms with E-state index in [1.165, 1.54) is 0 Å². The summed E-state index contributed by atoms with van der Waals surface area (Å²) in [5.41, 5.74) is -0.0716. The molecule has 8 heteroatoms. The molecular weight excluding hydrogens is 334 g/mol. The monoisotopic (exact) mass is 346 g/mol. The van der Waals surface area contributed by atoms with E-state index in [4.69, 9.17) is 4.42 Å². The highest BCUT2D eigenvalue weighted by Crippen LogP contribution is 2.25. The van der Waals surface area contributed by atoms with Crippen LogP contribution in [-0.2, 0) is 6.54 Å². The van der Waals surface area contributed by atoms with Crippen molar-refractivity contribution in [2.24, 2.45) is 0 Å². The van der Waals surface area contributed by atoms with Crippen molar-refractivity contribution in [3.05, 3.63) is 34.1 Å². The quantitative estimate of drug-likeness (QED) is 0.813. The van der Waals surface area contributed by atoms with Gasteiger partial charge in [0.1, 0.15) is 11.6 Å². The summed E-state index contributed by atoms with van der Waals surface area (Å²) in [5.74, 6) is -0.854. The van der Waals surface area contributed by atoms with Crippen LogP contribution in [0.1, 0.15) is 19.7 Å². The van der Waals surface area contributed by atoms with Crippen LogP contribution in [0.15, 0.2) is 21.0 Å². The van der Waals surface area contributed by atoms with E-state index in [9.17, 15) is 8.78 Å². The van der Waals surface area contributed by atoms with Gasteiger partial charge in [0.25, 0.3) is 0 Å². The van der Waals surface area contributed by atoms with Gasteiger partial charge in [0.2, 0.25) is 5.89 Å². The van der Waals surface area contributed by atoms with Gasteiger partial charge in [0.15, 0.2) is 0 Å². The van der Waals surface area contributed by atoms with Crippen LogP contribution in [0.5, 0.6) is 0 Å². The Kier molecular flexibility index (Phi) is 4.66. The van der Waals surface area contributed by atoms with E-state index in [2.05, 4.69) is 36.8 Å². The van der Waals surface area contributed by atoms with Gasteiger partial charge in [-0.25, -0.2) is 8.78 Å². The van der Waals surface area contributed by atoms with Gasteiger partial charge in [-0.15, -0.1) is 5.10 Å². The van der Waals surface area contributed by atoms with Crippen LogP contribution in [0.3, 0.4) is 0 Å². The Morgan fingerprint density at radius 3 is 2.70 bits per heavy atom. The molecule has 0 aliphatic carbocycles. The van der Waals surface area contributed by atoms with Crippen LogP contribution in [-0.4, -0.2) is 16.2 Å². The van der Waals surface area contributed by atoms with Gasteiger partial charge in [-0.05, 0) is 22.0 Å². The maximum absolute atomic E-state index is 13.6. The summed E-state index contributed by atoms with van der Waals surface area (Å²) in [6.45, 7) is 4.37. The van der Waals surface area contributed by atoms with Crippen molar-refractivity contribution in [1.82, 2.24) is 15.5 Å². The van der Waals surface area contributed by atoms with E-state index in [1.54, 1.807) is 0 Å². The Balaban J connectivity index is 2.09.